The maximum Gasteiger partial charge on any atom is 0.0966 e. The van der Waals surface area contributed by atoms with Gasteiger partial charge in [-0.2, -0.15) is 0 Å². The normalized spacial score (nSPS) is 12.1. The lowest BCUT2D eigenvalue weighted by atomic mass is 9.95. The first-order valence-electron chi connectivity index (χ1n) is 18.5. The molecule has 54 heavy (non-hydrogen) atoms. The van der Waals surface area contributed by atoms with Gasteiger partial charge in [-0.15, -0.1) is 22.7 Å². The molecule has 262 valence electrons. The second-order valence-electron chi connectivity index (χ2n) is 13.1. The van der Waals surface area contributed by atoms with E-state index in [0.717, 1.165) is 11.1 Å². The Kier molecular flexibility index (Phi) is 8.71. The Hall–Kier alpha value is -5.85. The van der Waals surface area contributed by atoms with Crippen molar-refractivity contribution < 1.29 is 0 Å². The summed E-state index contributed by atoms with van der Waals surface area (Å²) in [4.78, 5) is 6.01. The Labute approximate surface area is 322 Å². The van der Waals surface area contributed by atoms with Crippen molar-refractivity contribution in [1.29, 1.82) is 0 Å². The fourth-order valence-electron chi connectivity index (χ4n) is 8.51. The van der Waals surface area contributed by atoms with E-state index in [1.54, 1.807) is 0 Å². The first kappa shape index (κ1) is 34.0. The standard InChI is InChI=1S/C46H28N2S2.C2H6.CH5N/c1-47-41-35-21-9-11-24-38(35)50-46(41)43(33-22-12-15-27-13-2-4-16-29(27)33)48-42-30-17-5-3-14-28(30)25-26-36(42)39-31-18-6-7-19-32(31)40-34-20-8-10-23-37(34)49-45(40)44(39)48;2*1-2/h2-26,43H,1H2;1-2H3;2H2,1H3. The van der Waals surface area contributed by atoms with E-state index < -0.39 is 0 Å². The zero-order chi connectivity index (χ0) is 36.9. The Morgan fingerprint density at radius 1 is 0.500 bits per heavy atom. The number of hydrogen-bond donors (Lipinski definition) is 1. The largest absolute Gasteiger partial charge is 0.333 e. The van der Waals surface area contributed by atoms with Crippen LogP contribution in [-0.4, -0.2) is 18.3 Å². The van der Waals surface area contributed by atoms with Crippen LogP contribution in [-0.2, 0) is 0 Å². The van der Waals surface area contributed by atoms with Gasteiger partial charge in [0, 0.05) is 41.7 Å². The van der Waals surface area contributed by atoms with Crippen LogP contribution in [0.15, 0.2) is 157 Å². The lowest BCUT2D eigenvalue weighted by molar-refractivity contribution is 0.753. The van der Waals surface area contributed by atoms with E-state index in [1.807, 2.05) is 36.5 Å². The third kappa shape index (κ3) is 4.93. The minimum absolute atomic E-state index is 0.181. The van der Waals surface area contributed by atoms with Crippen LogP contribution in [0.5, 0.6) is 0 Å². The smallest absolute Gasteiger partial charge is 0.0966 e. The van der Waals surface area contributed by atoms with Crippen molar-refractivity contribution in [3.8, 4) is 0 Å². The average molecular weight is 734 g/mol. The first-order valence-corrected chi connectivity index (χ1v) is 20.1. The lowest BCUT2D eigenvalue weighted by Gasteiger charge is -2.24. The highest BCUT2D eigenvalue weighted by Crippen LogP contribution is 2.53. The molecule has 2 N–H and O–H groups in total. The van der Waals surface area contributed by atoms with Crippen molar-refractivity contribution >= 4 is 119 Å². The van der Waals surface area contributed by atoms with Gasteiger partial charge in [0.15, 0.2) is 0 Å². The molecular weight excluding hydrogens is 695 g/mol. The summed E-state index contributed by atoms with van der Waals surface area (Å²) in [5.41, 5.74) is 9.25. The number of thiophene rings is 2. The fourth-order valence-corrected chi connectivity index (χ4v) is 11.1. The van der Waals surface area contributed by atoms with Crippen molar-refractivity contribution in [2.45, 2.75) is 19.9 Å². The molecule has 5 heteroatoms. The van der Waals surface area contributed by atoms with Gasteiger partial charge in [0.05, 0.1) is 32.3 Å². The van der Waals surface area contributed by atoms with Crippen LogP contribution in [0.3, 0.4) is 0 Å². The summed E-state index contributed by atoms with van der Waals surface area (Å²) in [5.74, 6) is 0. The van der Waals surface area contributed by atoms with E-state index in [0.29, 0.717) is 0 Å². The Balaban J connectivity index is 0.000000932. The van der Waals surface area contributed by atoms with Crippen molar-refractivity contribution in [3.63, 3.8) is 0 Å². The third-order valence-corrected chi connectivity index (χ3v) is 12.9. The molecule has 0 saturated heterocycles. The summed E-state index contributed by atoms with van der Waals surface area (Å²) in [6, 6.07) is 55.5. The lowest BCUT2D eigenvalue weighted by Crippen LogP contribution is -2.12. The molecule has 3 nitrogen and oxygen atoms in total. The summed E-state index contributed by atoms with van der Waals surface area (Å²) in [7, 11) is 1.50. The number of nitrogens with zero attached hydrogens (tertiary/aromatic N) is 2. The molecule has 0 fully saturated rings. The Morgan fingerprint density at radius 2 is 1.04 bits per heavy atom. The molecule has 3 aromatic heterocycles. The van der Waals surface area contributed by atoms with E-state index in [2.05, 4.69) is 169 Å². The summed E-state index contributed by atoms with van der Waals surface area (Å²) < 4.78 is 6.54. The summed E-state index contributed by atoms with van der Waals surface area (Å²) >= 11 is 3.76. The fraction of sp³-hybridized carbons (Fsp3) is 0.0816. The highest BCUT2D eigenvalue weighted by Gasteiger charge is 2.31. The van der Waals surface area contributed by atoms with Gasteiger partial charge in [-0.3, -0.25) is 4.99 Å². The maximum atomic E-state index is 4.81. The van der Waals surface area contributed by atoms with Gasteiger partial charge in [-0.05, 0) is 58.4 Å². The van der Waals surface area contributed by atoms with E-state index in [9.17, 15) is 0 Å². The molecule has 0 aliphatic heterocycles. The molecule has 0 aliphatic rings. The monoisotopic (exact) mass is 733 g/mol. The summed E-state index contributed by atoms with van der Waals surface area (Å²) in [5, 5.41) is 13.9. The van der Waals surface area contributed by atoms with E-state index >= 15 is 0 Å². The van der Waals surface area contributed by atoms with E-state index in [-0.39, 0.29) is 6.04 Å². The molecule has 0 spiro atoms. The summed E-state index contributed by atoms with van der Waals surface area (Å²) in [6.07, 6.45) is 0. The van der Waals surface area contributed by atoms with Crippen LogP contribution in [0, 0.1) is 0 Å². The zero-order valence-electron chi connectivity index (χ0n) is 30.5. The molecular formula is C49H39N3S2. The van der Waals surface area contributed by atoms with Crippen LogP contribution >= 0.6 is 22.7 Å². The van der Waals surface area contributed by atoms with E-state index in [4.69, 9.17) is 4.99 Å². The number of aromatic nitrogens is 1. The minimum Gasteiger partial charge on any atom is -0.333 e. The van der Waals surface area contributed by atoms with Gasteiger partial charge in [0.2, 0.25) is 0 Å². The second kappa shape index (κ2) is 13.9. The predicted octanol–water partition coefficient (Wildman–Crippen LogP) is 14.4. The quantitative estimate of drug-likeness (QED) is 0.180. The molecule has 0 aliphatic carbocycles. The van der Waals surface area contributed by atoms with Crippen LogP contribution in [0.4, 0.5) is 5.69 Å². The van der Waals surface area contributed by atoms with Gasteiger partial charge in [0.1, 0.15) is 0 Å². The third-order valence-electron chi connectivity index (χ3n) is 10.5. The Bertz CT molecular complexity index is 3190. The number of benzene rings is 8. The number of nitrogens with two attached hydrogens (primary N) is 1. The molecule has 0 radical (unpaired) electrons. The van der Waals surface area contributed by atoms with Crippen molar-refractivity contribution in [1.82, 2.24) is 4.57 Å². The van der Waals surface area contributed by atoms with Crippen LogP contribution in [0.1, 0.15) is 30.3 Å². The molecule has 0 bridgehead atoms. The molecule has 11 rings (SSSR count). The molecule has 1 unspecified atom stereocenters. The van der Waals surface area contributed by atoms with Gasteiger partial charge in [-0.25, -0.2) is 0 Å². The maximum absolute atomic E-state index is 4.81. The van der Waals surface area contributed by atoms with Crippen LogP contribution in [0.2, 0.25) is 0 Å². The molecule has 3 heterocycles. The van der Waals surface area contributed by atoms with Crippen molar-refractivity contribution in [2.24, 2.45) is 10.7 Å². The number of rotatable bonds is 4. The predicted molar refractivity (Wildman–Crippen MR) is 241 cm³/mol. The topological polar surface area (TPSA) is 43.3 Å². The van der Waals surface area contributed by atoms with Gasteiger partial charge < -0.3 is 10.3 Å². The highest BCUT2D eigenvalue weighted by molar-refractivity contribution is 7.27. The molecule has 1 atom stereocenters. The zero-order valence-corrected chi connectivity index (χ0v) is 32.1. The number of fused-ring (bicyclic) bond motifs is 14. The molecule has 0 saturated carbocycles. The average Bonchev–Trinajstić information content (AvgIpc) is 3.93. The molecule has 0 amide bonds. The van der Waals surface area contributed by atoms with E-state index in [1.165, 1.54) is 96.5 Å². The summed E-state index contributed by atoms with van der Waals surface area (Å²) in [6.45, 7) is 8.18. The van der Waals surface area contributed by atoms with Crippen molar-refractivity contribution in [2.75, 3.05) is 7.05 Å². The minimum atomic E-state index is -0.181. The second-order valence-corrected chi connectivity index (χ2v) is 15.2. The number of hydrogen-bond acceptors (Lipinski definition) is 4. The first-order chi connectivity index (χ1) is 26.8. The van der Waals surface area contributed by atoms with Crippen LogP contribution < -0.4 is 5.73 Å². The Morgan fingerprint density at radius 3 is 1.74 bits per heavy atom. The van der Waals surface area contributed by atoms with Crippen LogP contribution in [0.25, 0.3) is 84.4 Å². The van der Waals surface area contributed by atoms with Gasteiger partial charge in [0.25, 0.3) is 0 Å². The highest BCUT2D eigenvalue weighted by atomic mass is 32.1. The van der Waals surface area contributed by atoms with Gasteiger partial charge >= 0.3 is 0 Å². The molecule has 8 aromatic carbocycles. The molecule has 11 aromatic rings. The SMILES string of the molecule is C=Nc1c(C(c2cccc3ccccc23)n2c3c4ccccc4ccc3c3c4ccccc4c4c5ccccc5sc4c32)sc2ccccc12.CC.CN. The van der Waals surface area contributed by atoms with Crippen molar-refractivity contribution in [3.05, 3.63) is 162 Å². The van der Waals surface area contributed by atoms with Gasteiger partial charge in [-0.1, -0.05) is 153 Å². The number of aliphatic imine (C=N–C) groups is 1.